The third-order valence-electron chi connectivity index (χ3n) is 3.34. The molecule has 3 rings (SSSR count). The molecule has 4 nitrogen and oxygen atoms in total. The van der Waals surface area contributed by atoms with Gasteiger partial charge in [0.05, 0.1) is 11.7 Å². The van der Waals surface area contributed by atoms with Crippen LogP contribution in [0.2, 0.25) is 0 Å². The number of benzene rings is 1. The maximum Gasteiger partial charge on any atom is 0.0680 e. The lowest BCUT2D eigenvalue weighted by Crippen LogP contribution is -2.27. The number of ether oxygens (including phenoxy) is 1. The maximum absolute atomic E-state index is 5.36. The van der Waals surface area contributed by atoms with E-state index in [0.29, 0.717) is 6.04 Å². The molecular formula is C13H17N3O. The van der Waals surface area contributed by atoms with Crippen molar-refractivity contribution < 1.29 is 4.74 Å². The van der Waals surface area contributed by atoms with Crippen molar-refractivity contribution in [3.8, 4) is 0 Å². The number of nitrogens with one attached hydrogen (secondary N) is 1. The Hall–Kier alpha value is -1.55. The molecule has 0 aliphatic carbocycles. The molecule has 0 unspecified atom stereocenters. The number of nitrogens with zero attached hydrogens (tertiary/aromatic N) is 2. The molecule has 2 aromatic rings. The quantitative estimate of drug-likeness (QED) is 0.861. The van der Waals surface area contributed by atoms with Crippen LogP contribution in [0.1, 0.15) is 12.8 Å². The summed E-state index contributed by atoms with van der Waals surface area (Å²) in [7, 11) is 1.97. The molecular weight excluding hydrogens is 214 g/mol. The molecule has 1 aliphatic heterocycles. The van der Waals surface area contributed by atoms with Gasteiger partial charge in [-0.15, -0.1) is 0 Å². The van der Waals surface area contributed by atoms with Crippen molar-refractivity contribution in [2.75, 3.05) is 18.5 Å². The van der Waals surface area contributed by atoms with Crippen molar-refractivity contribution in [3.05, 3.63) is 24.4 Å². The van der Waals surface area contributed by atoms with Gasteiger partial charge in [0.2, 0.25) is 0 Å². The third-order valence-corrected chi connectivity index (χ3v) is 3.34. The second-order valence-corrected chi connectivity index (χ2v) is 4.57. The van der Waals surface area contributed by atoms with Gasteiger partial charge >= 0.3 is 0 Å². The van der Waals surface area contributed by atoms with Crippen LogP contribution in [0.25, 0.3) is 10.9 Å². The molecule has 17 heavy (non-hydrogen) atoms. The molecule has 0 atom stereocenters. The summed E-state index contributed by atoms with van der Waals surface area (Å²) in [6.07, 6.45) is 4.08. The van der Waals surface area contributed by atoms with Gasteiger partial charge in [-0.05, 0) is 31.0 Å². The topological polar surface area (TPSA) is 39.1 Å². The maximum atomic E-state index is 5.36. The fourth-order valence-electron chi connectivity index (χ4n) is 2.33. The van der Waals surface area contributed by atoms with Gasteiger partial charge in [0.1, 0.15) is 0 Å². The first-order chi connectivity index (χ1) is 8.33. The zero-order valence-electron chi connectivity index (χ0n) is 10.0. The summed E-state index contributed by atoms with van der Waals surface area (Å²) in [6, 6.07) is 6.94. The number of rotatable bonds is 2. The average molecular weight is 231 g/mol. The van der Waals surface area contributed by atoms with E-state index in [4.69, 9.17) is 4.74 Å². The number of fused-ring (bicyclic) bond motifs is 1. The van der Waals surface area contributed by atoms with E-state index in [1.807, 2.05) is 17.9 Å². The number of hydrogen-bond acceptors (Lipinski definition) is 3. The normalized spacial score (nSPS) is 17.5. The highest BCUT2D eigenvalue weighted by Gasteiger charge is 2.13. The molecule has 1 fully saturated rings. The smallest absolute Gasteiger partial charge is 0.0680 e. The summed E-state index contributed by atoms with van der Waals surface area (Å²) < 4.78 is 7.25. The van der Waals surface area contributed by atoms with Crippen LogP contribution in [-0.2, 0) is 11.8 Å². The van der Waals surface area contributed by atoms with E-state index in [1.165, 1.54) is 16.6 Å². The van der Waals surface area contributed by atoms with E-state index >= 15 is 0 Å². The summed E-state index contributed by atoms with van der Waals surface area (Å²) in [5.41, 5.74) is 2.35. The second kappa shape index (κ2) is 4.37. The van der Waals surface area contributed by atoms with Gasteiger partial charge in [-0.3, -0.25) is 4.68 Å². The van der Waals surface area contributed by atoms with E-state index in [1.54, 1.807) is 0 Å². The molecule has 0 saturated carbocycles. The van der Waals surface area contributed by atoms with Crippen molar-refractivity contribution in [1.82, 2.24) is 9.78 Å². The van der Waals surface area contributed by atoms with E-state index in [9.17, 15) is 0 Å². The standard InChI is InChI=1S/C13H17N3O/c1-16-13-3-2-12(8-10(13)9-14-16)15-11-4-6-17-7-5-11/h2-3,8-9,11,15H,4-7H2,1H3. The monoisotopic (exact) mass is 231 g/mol. The van der Waals surface area contributed by atoms with Crippen molar-refractivity contribution in [1.29, 1.82) is 0 Å². The van der Waals surface area contributed by atoms with Crippen molar-refractivity contribution >= 4 is 16.6 Å². The van der Waals surface area contributed by atoms with Crippen LogP contribution in [0.4, 0.5) is 5.69 Å². The lowest BCUT2D eigenvalue weighted by atomic mass is 10.1. The lowest BCUT2D eigenvalue weighted by Gasteiger charge is -2.24. The molecule has 90 valence electrons. The first-order valence-electron chi connectivity index (χ1n) is 6.09. The minimum atomic E-state index is 0.540. The molecule has 0 spiro atoms. The van der Waals surface area contributed by atoms with Gasteiger partial charge in [0.25, 0.3) is 0 Å². The number of aromatic nitrogens is 2. The highest BCUT2D eigenvalue weighted by atomic mass is 16.5. The van der Waals surface area contributed by atoms with Crippen LogP contribution in [0.3, 0.4) is 0 Å². The Morgan fingerprint density at radius 3 is 3.00 bits per heavy atom. The van der Waals surface area contributed by atoms with Crippen molar-refractivity contribution in [3.63, 3.8) is 0 Å². The Morgan fingerprint density at radius 1 is 1.35 bits per heavy atom. The summed E-state index contributed by atoms with van der Waals surface area (Å²) >= 11 is 0. The summed E-state index contributed by atoms with van der Waals surface area (Å²) in [5, 5.41) is 9.00. The molecule has 1 N–H and O–H groups in total. The SMILES string of the molecule is Cn1ncc2cc(NC3CCOCC3)ccc21. The lowest BCUT2D eigenvalue weighted by molar-refractivity contribution is 0.0904. The fourth-order valence-corrected chi connectivity index (χ4v) is 2.33. The van der Waals surface area contributed by atoms with Crippen LogP contribution >= 0.6 is 0 Å². The molecule has 1 aliphatic rings. The molecule has 1 aromatic carbocycles. The van der Waals surface area contributed by atoms with Crippen LogP contribution in [0, 0.1) is 0 Å². The van der Waals surface area contributed by atoms with Crippen LogP contribution in [0.15, 0.2) is 24.4 Å². The molecule has 1 aromatic heterocycles. The van der Waals surface area contributed by atoms with Gasteiger partial charge in [0, 0.05) is 37.4 Å². The van der Waals surface area contributed by atoms with E-state index < -0.39 is 0 Å². The minimum absolute atomic E-state index is 0.540. The Kier molecular flexibility index (Phi) is 2.73. The minimum Gasteiger partial charge on any atom is -0.382 e. The average Bonchev–Trinajstić information content (AvgIpc) is 2.72. The third kappa shape index (κ3) is 2.13. The van der Waals surface area contributed by atoms with Gasteiger partial charge < -0.3 is 10.1 Å². The van der Waals surface area contributed by atoms with E-state index in [0.717, 1.165) is 26.1 Å². The molecule has 0 radical (unpaired) electrons. The first kappa shape index (κ1) is 10.6. The summed E-state index contributed by atoms with van der Waals surface area (Å²) in [5.74, 6) is 0. The number of aryl methyl sites for hydroxylation is 1. The van der Waals surface area contributed by atoms with Gasteiger partial charge in [0.15, 0.2) is 0 Å². The van der Waals surface area contributed by atoms with E-state index in [-0.39, 0.29) is 0 Å². The highest BCUT2D eigenvalue weighted by molar-refractivity contribution is 5.82. The van der Waals surface area contributed by atoms with Gasteiger partial charge in [-0.2, -0.15) is 5.10 Å². The van der Waals surface area contributed by atoms with Crippen LogP contribution in [-0.4, -0.2) is 29.0 Å². The predicted molar refractivity (Wildman–Crippen MR) is 68.2 cm³/mol. The number of hydrogen-bond donors (Lipinski definition) is 1. The largest absolute Gasteiger partial charge is 0.382 e. The molecule has 2 heterocycles. The second-order valence-electron chi connectivity index (χ2n) is 4.57. The van der Waals surface area contributed by atoms with Crippen LogP contribution < -0.4 is 5.32 Å². The van der Waals surface area contributed by atoms with Gasteiger partial charge in [-0.1, -0.05) is 0 Å². The Labute approximate surface area is 101 Å². The Morgan fingerprint density at radius 2 is 2.18 bits per heavy atom. The number of anilines is 1. The molecule has 4 heteroatoms. The van der Waals surface area contributed by atoms with E-state index in [2.05, 4.69) is 28.6 Å². The van der Waals surface area contributed by atoms with Crippen LogP contribution in [0.5, 0.6) is 0 Å². The zero-order valence-corrected chi connectivity index (χ0v) is 10.0. The Bertz CT molecular complexity index is 514. The molecule has 0 bridgehead atoms. The fraction of sp³-hybridized carbons (Fsp3) is 0.462. The predicted octanol–water partition coefficient (Wildman–Crippen LogP) is 2.16. The molecule has 1 saturated heterocycles. The van der Waals surface area contributed by atoms with Gasteiger partial charge in [-0.25, -0.2) is 0 Å². The van der Waals surface area contributed by atoms with Crippen molar-refractivity contribution in [2.45, 2.75) is 18.9 Å². The first-order valence-corrected chi connectivity index (χ1v) is 6.09. The summed E-state index contributed by atoms with van der Waals surface area (Å²) in [4.78, 5) is 0. The summed E-state index contributed by atoms with van der Waals surface area (Å²) in [6.45, 7) is 1.74. The zero-order chi connectivity index (χ0) is 11.7. The Balaban J connectivity index is 1.80. The highest BCUT2D eigenvalue weighted by Crippen LogP contribution is 2.20. The van der Waals surface area contributed by atoms with Crippen molar-refractivity contribution in [2.24, 2.45) is 7.05 Å². The molecule has 0 amide bonds.